The number of hydrogen-bond acceptors (Lipinski definition) is 3. The van der Waals surface area contributed by atoms with Gasteiger partial charge in [0.15, 0.2) is 0 Å². The molecule has 0 aliphatic carbocycles. The molecule has 0 unspecified atom stereocenters. The Kier molecular flexibility index (Phi) is 5.56. The maximum Gasteiger partial charge on any atom is 0.326 e. The van der Waals surface area contributed by atoms with Crippen LogP contribution in [-0.4, -0.2) is 28.9 Å². The molecule has 0 radical (unpaired) electrons. The largest absolute Gasteiger partial charge is 0.480 e. The third-order valence-electron chi connectivity index (χ3n) is 1.52. The summed E-state index contributed by atoms with van der Waals surface area (Å²) in [4.78, 5) is 32.0. The maximum absolute atomic E-state index is 10.9. The lowest BCUT2D eigenvalue weighted by atomic mass is 10.1. The molecule has 0 saturated carbocycles. The monoisotopic (exact) mass is 212 g/mol. The van der Waals surface area contributed by atoms with Gasteiger partial charge in [0, 0.05) is 6.42 Å². The highest BCUT2D eigenvalue weighted by Gasteiger charge is 2.19. The van der Waals surface area contributed by atoms with Crippen molar-refractivity contribution in [3.05, 3.63) is 0 Å². The first kappa shape index (κ1) is 13.0. The molecule has 15 heavy (non-hydrogen) atoms. The van der Waals surface area contributed by atoms with Crippen LogP contribution in [0.25, 0.3) is 0 Å². The highest BCUT2D eigenvalue weighted by atomic mass is 16.4. The van der Waals surface area contributed by atoms with Crippen LogP contribution in [0.15, 0.2) is 0 Å². The van der Waals surface area contributed by atoms with Crippen LogP contribution >= 0.6 is 0 Å². The summed E-state index contributed by atoms with van der Waals surface area (Å²) >= 11 is 0. The molecule has 0 spiro atoms. The summed E-state index contributed by atoms with van der Waals surface area (Å²) in [6, 6.07) is -1.13. The predicted molar refractivity (Wildman–Crippen MR) is 51.4 cm³/mol. The summed E-state index contributed by atoms with van der Waals surface area (Å²) < 4.78 is 0. The summed E-state index contributed by atoms with van der Waals surface area (Å²) in [6.07, 6.45) is -0.140. The molecule has 2 amide bonds. The zero-order valence-corrected chi connectivity index (χ0v) is 8.24. The van der Waals surface area contributed by atoms with Crippen molar-refractivity contribution in [2.45, 2.75) is 25.8 Å². The van der Waals surface area contributed by atoms with Gasteiger partial charge in [-0.25, -0.2) is 4.79 Å². The van der Waals surface area contributed by atoms with Crippen LogP contribution in [0.3, 0.4) is 0 Å². The summed E-state index contributed by atoms with van der Waals surface area (Å²) in [7, 11) is 0. The van der Waals surface area contributed by atoms with E-state index in [1.165, 1.54) is 6.92 Å². The molecular weight excluding hydrogens is 200 g/mol. The quantitative estimate of drug-likeness (QED) is 0.499. The number of carboxylic acid groups (broad SMARTS) is 1. The van der Waals surface area contributed by atoms with Gasteiger partial charge in [-0.3, -0.25) is 9.59 Å². The van der Waals surface area contributed by atoms with E-state index in [4.69, 9.17) is 10.8 Å². The SMILES string of the molecule is CC#CC(=O)N[C@H](CCC(N)=O)C(=O)O. The number of primary amides is 1. The first-order chi connectivity index (χ1) is 6.97. The minimum Gasteiger partial charge on any atom is -0.480 e. The van der Waals surface area contributed by atoms with E-state index in [2.05, 4.69) is 17.2 Å². The Bertz CT molecular complexity index is 327. The molecular formula is C9H12N2O4. The number of carboxylic acids is 1. The Morgan fingerprint density at radius 3 is 2.47 bits per heavy atom. The standard InChI is InChI=1S/C9H12N2O4/c1-2-3-8(13)11-6(9(14)15)4-5-7(10)12/h6H,4-5H2,1H3,(H2,10,12)(H,11,13)(H,14,15)/t6-/m1/s1. The lowest BCUT2D eigenvalue weighted by Gasteiger charge is -2.10. The lowest BCUT2D eigenvalue weighted by molar-refractivity contribution is -0.141. The summed E-state index contributed by atoms with van der Waals surface area (Å²) in [5.74, 6) is 1.95. The maximum atomic E-state index is 10.9. The molecule has 0 rings (SSSR count). The summed E-state index contributed by atoms with van der Waals surface area (Å²) in [6.45, 7) is 1.46. The number of nitrogens with two attached hydrogens (primary N) is 1. The molecule has 4 N–H and O–H groups in total. The van der Waals surface area contributed by atoms with Crippen LogP contribution < -0.4 is 11.1 Å². The van der Waals surface area contributed by atoms with Gasteiger partial charge in [-0.05, 0) is 19.3 Å². The number of carbonyl (C=O) groups is 3. The third-order valence-corrected chi connectivity index (χ3v) is 1.52. The minimum absolute atomic E-state index is 0.0399. The van der Waals surface area contributed by atoms with Crippen LogP contribution in [0.4, 0.5) is 0 Å². The van der Waals surface area contributed by atoms with Crippen molar-refractivity contribution < 1.29 is 19.5 Å². The van der Waals surface area contributed by atoms with E-state index in [-0.39, 0.29) is 12.8 Å². The van der Waals surface area contributed by atoms with Crippen molar-refractivity contribution in [2.75, 3.05) is 0 Å². The van der Waals surface area contributed by atoms with Gasteiger partial charge in [0.2, 0.25) is 5.91 Å². The van der Waals surface area contributed by atoms with Gasteiger partial charge in [-0.1, -0.05) is 5.92 Å². The molecule has 0 fully saturated rings. The minimum atomic E-state index is -1.22. The van der Waals surface area contributed by atoms with Gasteiger partial charge in [-0.15, -0.1) is 0 Å². The second-order valence-electron chi connectivity index (χ2n) is 2.74. The van der Waals surface area contributed by atoms with E-state index < -0.39 is 23.8 Å². The molecule has 1 atom stereocenters. The van der Waals surface area contributed by atoms with Gasteiger partial charge in [0.1, 0.15) is 6.04 Å². The third kappa shape index (κ3) is 6.10. The number of carbonyl (C=O) groups excluding carboxylic acids is 2. The van der Waals surface area contributed by atoms with Gasteiger partial charge >= 0.3 is 5.97 Å². The fraction of sp³-hybridized carbons (Fsp3) is 0.444. The van der Waals surface area contributed by atoms with Crippen LogP contribution in [0, 0.1) is 11.8 Å². The average Bonchev–Trinajstić information content (AvgIpc) is 2.11. The second-order valence-corrected chi connectivity index (χ2v) is 2.74. The Hall–Kier alpha value is -2.03. The first-order valence-electron chi connectivity index (χ1n) is 4.21. The average molecular weight is 212 g/mol. The molecule has 0 aromatic rings. The van der Waals surface area contributed by atoms with Gasteiger partial charge in [0.25, 0.3) is 5.91 Å². The fourth-order valence-corrected chi connectivity index (χ4v) is 0.852. The zero-order chi connectivity index (χ0) is 11.8. The van der Waals surface area contributed by atoms with E-state index in [1.54, 1.807) is 0 Å². The molecule has 6 heteroatoms. The highest BCUT2D eigenvalue weighted by molar-refractivity contribution is 5.96. The van der Waals surface area contributed by atoms with Crippen LogP contribution in [0.1, 0.15) is 19.8 Å². The lowest BCUT2D eigenvalue weighted by Crippen LogP contribution is -2.40. The summed E-state index contributed by atoms with van der Waals surface area (Å²) in [5.41, 5.74) is 4.86. The van der Waals surface area contributed by atoms with E-state index in [9.17, 15) is 14.4 Å². The Balaban J connectivity index is 4.26. The van der Waals surface area contributed by atoms with Crippen LogP contribution in [0.2, 0.25) is 0 Å². The highest BCUT2D eigenvalue weighted by Crippen LogP contribution is 1.96. The van der Waals surface area contributed by atoms with Crippen molar-refractivity contribution in [3.8, 4) is 11.8 Å². The van der Waals surface area contributed by atoms with Crippen LogP contribution in [-0.2, 0) is 14.4 Å². The number of aliphatic carboxylic acids is 1. The molecule has 0 aromatic carbocycles. The molecule has 82 valence electrons. The van der Waals surface area contributed by atoms with E-state index in [1.807, 2.05) is 0 Å². The predicted octanol–water partition coefficient (Wildman–Crippen LogP) is -1.16. The van der Waals surface area contributed by atoms with Crippen molar-refractivity contribution in [1.82, 2.24) is 5.32 Å². The fourth-order valence-electron chi connectivity index (χ4n) is 0.852. The smallest absolute Gasteiger partial charge is 0.326 e. The summed E-state index contributed by atoms with van der Waals surface area (Å²) in [5, 5.41) is 10.8. The van der Waals surface area contributed by atoms with Crippen molar-refractivity contribution in [3.63, 3.8) is 0 Å². The van der Waals surface area contributed by atoms with Crippen molar-refractivity contribution >= 4 is 17.8 Å². The second kappa shape index (κ2) is 6.43. The number of amides is 2. The van der Waals surface area contributed by atoms with Crippen molar-refractivity contribution in [2.24, 2.45) is 5.73 Å². The van der Waals surface area contributed by atoms with E-state index >= 15 is 0 Å². The van der Waals surface area contributed by atoms with E-state index in [0.717, 1.165) is 0 Å². The van der Waals surface area contributed by atoms with Crippen molar-refractivity contribution in [1.29, 1.82) is 0 Å². The zero-order valence-electron chi connectivity index (χ0n) is 8.24. The number of nitrogens with one attached hydrogen (secondary N) is 1. The number of hydrogen-bond donors (Lipinski definition) is 3. The Morgan fingerprint density at radius 2 is 2.07 bits per heavy atom. The normalized spacial score (nSPS) is 10.7. The molecule has 0 heterocycles. The van der Waals surface area contributed by atoms with Gasteiger partial charge in [0.05, 0.1) is 0 Å². The topological polar surface area (TPSA) is 109 Å². The molecule has 0 aliphatic heterocycles. The van der Waals surface area contributed by atoms with Crippen LogP contribution in [0.5, 0.6) is 0 Å². The Morgan fingerprint density at radius 1 is 1.47 bits per heavy atom. The molecule has 0 bridgehead atoms. The van der Waals surface area contributed by atoms with Gasteiger partial charge < -0.3 is 16.2 Å². The Labute approximate surface area is 86.8 Å². The number of rotatable bonds is 5. The van der Waals surface area contributed by atoms with Gasteiger partial charge in [-0.2, -0.15) is 0 Å². The first-order valence-corrected chi connectivity index (χ1v) is 4.21. The molecule has 0 aliphatic rings. The molecule has 0 saturated heterocycles. The van der Waals surface area contributed by atoms with E-state index in [0.29, 0.717) is 0 Å². The molecule has 0 aromatic heterocycles. The molecule has 6 nitrogen and oxygen atoms in total.